The molecule has 0 aliphatic heterocycles. The van der Waals surface area contributed by atoms with Crippen LogP contribution in [0, 0.1) is 0 Å². The predicted octanol–water partition coefficient (Wildman–Crippen LogP) is 4.74. The summed E-state index contributed by atoms with van der Waals surface area (Å²) in [6.07, 6.45) is 7.27. The zero-order chi connectivity index (χ0) is 14.1. The SMILES string of the molecule is CC=N/C(C)=C(C(/C)=C\CCC)\C(N)=C(/C)CC. The first-order valence-electron chi connectivity index (χ1n) is 6.81. The molecule has 0 aliphatic carbocycles. The highest BCUT2D eigenvalue weighted by atomic mass is 14.7. The van der Waals surface area contributed by atoms with Gasteiger partial charge in [-0.1, -0.05) is 26.3 Å². The van der Waals surface area contributed by atoms with E-state index in [1.807, 2.05) is 20.1 Å². The number of rotatable bonds is 6. The van der Waals surface area contributed by atoms with Crippen molar-refractivity contribution in [3.63, 3.8) is 0 Å². The molecule has 0 aromatic carbocycles. The number of hydrogen-bond acceptors (Lipinski definition) is 2. The summed E-state index contributed by atoms with van der Waals surface area (Å²) < 4.78 is 0. The van der Waals surface area contributed by atoms with Gasteiger partial charge in [0.1, 0.15) is 0 Å². The third-order valence-electron chi connectivity index (χ3n) is 3.08. The molecule has 0 aromatic rings. The van der Waals surface area contributed by atoms with Crippen LogP contribution in [0.1, 0.15) is 60.8 Å². The van der Waals surface area contributed by atoms with Crippen molar-refractivity contribution in [3.8, 4) is 0 Å². The molecule has 0 aliphatic rings. The summed E-state index contributed by atoms with van der Waals surface area (Å²) in [7, 11) is 0. The van der Waals surface area contributed by atoms with Gasteiger partial charge in [0, 0.05) is 23.2 Å². The molecule has 0 radical (unpaired) electrons. The van der Waals surface area contributed by atoms with Crippen molar-refractivity contribution in [1.29, 1.82) is 0 Å². The van der Waals surface area contributed by atoms with Gasteiger partial charge in [0.25, 0.3) is 0 Å². The fourth-order valence-corrected chi connectivity index (χ4v) is 1.82. The van der Waals surface area contributed by atoms with Crippen LogP contribution in [-0.2, 0) is 0 Å². The maximum atomic E-state index is 6.28. The summed E-state index contributed by atoms with van der Waals surface area (Å²) in [5, 5.41) is 0. The van der Waals surface area contributed by atoms with E-state index < -0.39 is 0 Å². The number of nitrogens with zero attached hydrogens (tertiary/aromatic N) is 1. The lowest BCUT2D eigenvalue weighted by atomic mass is 9.97. The Morgan fingerprint density at radius 3 is 2.22 bits per heavy atom. The molecule has 18 heavy (non-hydrogen) atoms. The van der Waals surface area contributed by atoms with E-state index in [0.717, 1.165) is 36.2 Å². The second kappa shape index (κ2) is 8.73. The summed E-state index contributed by atoms with van der Waals surface area (Å²) in [4.78, 5) is 4.39. The highest BCUT2D eigenvalue weighted by molar-refractivity contribution is 5.58. The third kappa shape index (κ3) is 4.91. The van der Waals surface area contributed by atoms with Crippen LogP contribution in [-0.4, -0.2) is 6.21 Å². The average Bonchev–Trinajstić information content (AvgIpc) is 2.35. The highest BCUT2D eigenvalue weighted by Crippen LogP contribution is 2.24. The van der Waals surface area contributed by atoms with E-state index in [4.69, 9.17) is 5.73 Å². The lowest BCUT2D eigenvalue weighted by Gasteiger charge is -2.14. The predicted molar refractivity (Wildman–Crippen MR) is 82.7 cm³/mol. The Morgan fingerprint density at radius 1 is 1.17 bits per heavy atom. The van der Waals surface area contributed by atoms with Crippen LogP contribution in [0.3, 0.4) is 0 Å². The molecule has 2 N–H and O–H groups in total. The zero-order valence-corrected chi connectivity index (χ0v) is 12.8. The third-order valence-corrected chi connectivity index (χ3v) is 3.08. The molecule has 0 aromatic heterocycles. The molecule has 0 saturated carbocycles. The van der Waals surface area contributed by atoms with Crippen LogP contribution in [0.5, 0.6) is 0 Å². The Balaban J connectivity index is 5.68. The van der Waals surface area contributed by atoms with Crippen LogP contribution in [0.15, 0.2) is 39.2 Å². The van der Waals surface area contributed by atoms with Crippen molar-refractivity contribution in [1.82, 2.24) is 0 Å². The largest absolute Gasteiger partial charge is 0.398 e. The van der Waals surface area contributed by atoms with Gasteiger partial charge in [-0.2, -0.15) is 0 Å². The molecule has 2 heteroatoms. The van der Waals surface area contributed by atoms with Crippen molar-refractivity contribution < 1.29 is 0 Å². The van der Waals surface area contributed by atoms with Crippen molar-refractivity contribution in [2.24, 2.45) is 10.7 Å². The molecular weight excluding hydrogens is 220 g/mol. The quantitative estimate of drug-likeness (QED) is 0.535. The Bertz CT molecular complexity index is 382. The van der Waals surface area contributed by atoms with Crippen LogP contribution < -0.4 is 5.73 Å². The van der Waals surface area contributed by atoms with E-state index in [2.05, 4.69) is 38.8 Å². The van der Waals surface area contributed by atoms with Gasteiger partial charge in [-0.05, 0) is 51.7 Å². The molecular formula is C16H28N2. The minimum Gasteiger partial charge on any atom is -0.398 e. The molecule has 102 valence electrons. The van der Waals surface area contributed by atoms with Gasteiger partial charge in [0.05, 0.1) is 0 Å². The Hall–Kier alpha value is -1.31. The highest BCUT2D eigenvalue weighted by Gasteiger charge is 2.10. The first-order chi connectivity index (χ1) is 8.49. The minimum atomic E-state index is 0.880. The second-order valence-electron chi connectivity index (χ2n) is 4.57. The fraction of sp³-hybridized carbons (Fsp3) is 0.562. The first kappa shape index (κ1) is 16.7. The summed E-state index contributed by atoms with van der Waals surface area (Å²) in [6.45, 7) is 12.5. The summed E-state index contributed by atoms with van der Waals surface area (Å²) in [5.74, 6) is 0. The topological polar surface area (TPSA) is 38.4 Å². The van der Waals surface area contributed by atoms with Gasteiger partial charge in [-0.25, -0.2) is 0 Å². The molecule has 2 nitrogen and oxygen atoms in total. The monoisotopic (exact) mass is 248 g/mol. The Kier molecular flexibility index (Phi) is 8.10. The maximum absolute atomic E-state index is 6.28. The zero-order valence-electron chi connectivity index (χ0n) is 12.8. The van der Waals surface area contributed by atoms with E-state index in [1.165, 1.54) is 11.1 Å². The molecule has 0 heterocycles. The van der Waals surface area contributed by atoms with Crippen LogP contribution >= 0.6 is 0 Å². The fourth-order valence-electron chi connectivity index (χ4n) is 1.82. The van der Waals surface area contributed by atoms with Crippen LogP contribution in [0.4, 0.5) is 0 Å². The standard InChI is InChI=1S/C16H28N2/c1-7-10-11-13(5)15(14(6)18-9-3)16(17)12(4)8-2/h9,11H,7-8,10,17H2,1-6H3/b13-11-,15-14-,16-12-,18-9?. The lowest BCUT2D eigenvalue weighted by molar-refractivity contribution is 0.945. The number of allylic oxidation sites excluding steroid dienone is 4. The van der Waals surface area contributed by atoms with E-state index in [1.54, 1.807) is 0 Å². The van der Waals surface area contributed by atoms with Gasteiger partial charge < -0.3 is 5.73 Å². The van der Waals surface area contributed by atoms with Gasteiger partial charge in [-0.15, -0.1) is 0 Å². The number of aliphatic imine (C=N–C) groups is 1. The van der Waals surface area contributed by atoms with Gasteiger partial charge >= 0.3 is 0 Å². The molecule has 0 saturated heterocycles. The average molecular weight is 248 g/mol. The Labute approximate surface area is 112 Å². The molecule has 0 spiro atoms. The Morgan fingerprint density at radius 2 is 1.78 bits per heavy atom. The van der Waals surface area contributed by atoms with E-state index >= 15 is 0 Å². The van der Waals surface area contributed by atoms with Crippen LogP contribution in [0.25, 0.3) is 0 Å². The van der Waals surface area contributed by atoms with Crippen molar-refractivity contribution >= 4 is 6.21 Å². The van der Waals surface area contributed by atoms with E-state index in [-0.39, 0.29) is 0 Å². The van der Waals surface area contributed by atoms with Gasteiger partial charge in [-0.3, -0.25) is 4.99 Å². The van der Waals surface area contributed by atoms with Crippen molar-refractivity contribution in [2.75, 3.05) is 0 Å². The molecule has 0 rings (SSSR count). The summed E-state index contributed by atoms with van der Waals surface area (Å²) in [6, 6.07) is 0. The van der Waals surface area contributed by atoms with Crippen LogP contribution in [0.2, 0.25) is 0 Å². The lowest BCUT2D eigenvalue weighted by Crippen LogP contribution is -2.07. The van der Waals surface area contributed by atoms with Crippen molar-refractivity contribution in [3.05, 3.63) is 34.2 Å². The van der Waals surface area contributed by atoms with Gasteiger partial charge in [0.2, 0.25) is 0 Å². The van der Waals surface area contributed by atoms with Crippen molar-refractivity contribution in [2.45, 2.75) is 60.8 Å². The summed E-state index contributed by atoms with van der Waals surface area (Å²) in [5.41, 5.74) is 11.7. The molecule has 0 fully saturated rings. The normalized spacial score (nSPS) is 15.8. The second-order valence-corrected chi connectivity index (χ2v) is 4.57. The maximum Gasteiger partial charge on any atom is 0.0464 e. The summed E-state index contributed by atoms with van der Waals surface area (Å²) >= 11 is 0. The van der Waals surface area contributed by atoms with Gasteiger partial charge in [0.15, 0.2) is 0 Å². The first-order valence-corrected chi connectivity index (χ1v) is 6.81. The van der Waals surface area contributed by atoms with E-state index in [0.29, 0.717) is 0 Å². The number of unbranched alkanes of at least 4 members (excludes halogenated alkanes) is 1. The number of hydrogen-bond donors (Lipinski definition) is 1. The molecule has 0 unspecified atom stereocenters. The molecule has 0 amide bonds. The minimum absolute atomic E-state index is 0.880. The molecule has 0 bridgehead atoms. The smallest absolute Gasteiger partial charge is 0.0464 e. The number of nitrogens with two attached hydrogens (primary N) is 1. The molecule has 0 atom stereocenters. The van der Waals surface area contributed by atoms with E-state index in [9.17, 15) is 0 Å².